The third-order valence-corrected chi connectivity index (χ3v) is 3.77. The van der Waals surface area contributed by atoms with Gasteiger partial charge >= 0.3 is 0 Å². The zero-order chi connectivity index (χ0) is 12.5. The fourth-order valence-corrected chi connectivity index (χ4v) is 2.68. The summed E-state index contributed by atoms with van der Waals surface area (Å²) in [4.78, 5) is 14.4. The number of nitrogens with one attached hydrogen (secondary N) is 1. The Kier molecular flexibility index (Phi) is 3.73. The molecule has 98 valence electrons. The predicted octanol–water partition coefficient (Wildman–Crippen LogP) is 1.50. The lowest BCUT2D eigenvalue weighted by Gasteiger charge is -2.30. The van der Waals surface area contributed by atoms with Gasteiger partial charge in [0, 0.05) is 6.61 Å². The highest BCUT2D eigenvalue weighted by molar-refractivity contribution is 5.92. The first-order chi connectivity index (χ1) is 8.14. The van der Waals surface area contributed by atoms with Gasteiger partial charge in [-0.3, -0.25) is 10.1 Å². The Balaban J connectivity index is 2.03. The van der Waals surface area contributed by atoms with Crippen molar-refractivity contribution in [3.8, 4) is 0 Å². The Bertz CT molecular complexity index is 289. The smallest absolute Gasteiger partial charge is 0.244 e. The number of hydrogen-bond acceptors (Lipinski definition) is 3. The van der Waals surface area contributed by atoms with Crippen LogP contribution in [0.1, 0.15) is 46.5 Å². The van der Waals surface area contributed by atoms with Gasteiger partial charge in [0.25, 0.3) is 0 Å². The zero-order valence-corrected chi connectivity index (χ0v) is 11.2. The van der Waals surface area contributed by atoms with Crippen molar-refractivity contribution in [2.24, 2.45) is 0 Å². The summed E-state index contributed by atoms with van der Waals surface area (Å²) in [5, 5.41) is 3.52. The number of rotatable bonds is 6. The van der Waals surface area contributed by atoms with Crippen LogP contribution < -0.4 is 5.32 Å². The topological polar surface area (TPSA) is 41.6 Å². The maximum absolute atomic E-state index is 12.4. The van der Waals surface area contributed by atoms with Crippen molar-refractivity contribution in [1.82, 2.24) is 10.2 Å². The van der Waals surface area contributed by atoms with E-state index in [1.807, 2.05) is 11.8 Å². The van der Waals surface area contributed by atoms with Crippen molar-refractivity contribution in [3.05, 3.63) is 0 Å². The number of hydrogen-bond donors (Lipinski definition) is 1. The van der Waals surface area contributed by atoms with Crippen LogP contribution in [-0.2, 0) is 9.53 Å². The largest absolute Gasteiger partial charge is 0.380 e. The minimum Gasteiger partial charge on any atom is -0.380 e. The molecule has 1 aliphatic heterocycles. The quantitative estimate of drug-likeness (QED) is 0.765. The van der Waals surface area contributed by atoms with Crippen LogP contribution in [0.15, 0.2) is 0 Å². The lowest BCUT2D eigenvalue weighted by atomic mass is 10.2. The fraction of sp³-hybridized carbons (Fsp3) is 0.923. The van der Waals surface area contributed by atoms with E-state index in [4.69, 9.17) is 4.74 Å². The number of ether oxygens (including phenoxy) is 1. The van der Waals surface area contributed by atoms with Crippen LogP contribution >= 0.6 is 0 Å². The number of carbonyl (C=O) groups is 1. The van der Waals surface area contributed by atoms with Crippen LogP contribution in [0.3, 0.4) is 0 Å². The molecule has 4 nitrogen and oxygen atoms in total. The SMILES string of the molecule is CCCC1NC2(CC2)C(=O)N1C(C)COCC. The fourth-order valence-electron chi connectivity index (χ4n) is 2.68. The van der Waals surface area contributed by atoms with Gasteiger partial charge in [0.05, 0.1) is 24.4 Å². The summed E-state index contributed by atoms with van der Waals surface area (Å²) in [5.41, 5.74) is -0.194. The molecule has 0 bridgehead atoms. The molecule has 17 heavy (non-hydrogen) atoms. The zero-order valence-electron chi connectivity index (χ0n) is 11.2. The minimum atomic E-state index is -0.194. The highest BCUT2D eigenvalue weighted by Gasteiger charge is 2.59. The molecule has 1 heterocycles. The summed E-state index contributed by atoms with van der Waals surface area (Å²) in [6.45, 7) is 7.58. The maximum Gasteiger partial charge on any atom is 0.244 e. The number of carbonyl (C=O) groups excluding carboxylic acids is 1. The first-order valence-corrected chi connectivity index (χ1v) is 6.83. The summed E-state index contributed by atoms with van der Waals surface area (Å²) in [6.07, 6.45) is 4.35. The first kappa shape index (κ1) is 12.8. The van der Waals surface area contributed by atoms with Gasteiger partial charge in [0.15, 0.2) is 0 Å². The van der Waals surface area contributed by atoms with Crippen molar-refractivity contribution in [2.45, 2.75) is 64.2 Å². The van der Waals surface area contributed by atoms with Crippen LogP contribution in [0, 0.1) is 0 Å². The Morgan fingerprint density at radius 3 is 2.76 bits per heavy atom. The highest BCUT2D eigenvalue weighted by Crippen LogP contribution is 2.43. The molecule has 1 saturated heterocycles. The van der Waals surface area contributed by atoms with E-state index >= 15 is 0 Å². The van der Waals surface area contributed by atoms with Crippen molar-refractivity contribution >= 4 is 5.91 Å². The molecule has 0 aromatic rings. The van der Waals surface area contributed by atoms with Gasteiger partial charge < -0.3 is 9.64 Å². The van der Waals surface area contributed by atoms with E-state index in [1.54, 1.807) is 0 Å². The standard InChI is InChI=1S/C13H24N2O2/c1-4-6-11-14-13(7-8-13)12(16)15(11)10(3)9-17-5-2/h10-11,14H,4-9H2,1-3H3. The molecule has 2 unspecified atom stereocenters. The van der Waals surface area contributed by atoms with E-state index in [2.05, 4.69) is 19.2 Å². The molecule has 2 atom stereocenters. The van der Waals surface area contributed by atoms with Crippen molar-refractivity contribution in [3.63, 3.8) is 0 Å². The van der Waals surface area contributed by atoms with E-state index in [1.165, 1.54) is 0 Å². The summed E-state index contributed by atoms with van der Waals surface area (Å²) >= 11 is 0. The third kappa shape index (κ3) is 2.33. The Morgan fingerprint density at radius 1 is 1.53 bits per heavy atom. The molecule has 1 saturated carbocycles. The highest BCUT2D eigenvalue weighted by atomic mass is 16.5. The van der Waals surface area contributed by atoms with E-state index in [9.17, 15) is 4.79 Å². The normalized spacial score (nSPS) is 27.8. The summed E-state index contributed by atoms with van der Waals surface area (Å²) in [7, 11) is 0. The van der Waals surface area contributed by atoms with Gasteiger partial charge in [-0.2, -0.15) is 0 Å². The molecule has 1 aliphatic carbocycles. The molecule has 2 aliphatic rings. The van der Waals surface area contributed by atoms with Crippen LogP contribution in [0.4, 0.5) is 0 Å². The van der Waals surface area contributed by atoms with Gasteiger partial charge in [-0.05, 0) is 33.1 Å². The van der Waals surface area contributed by atoms with Crippen LogP contribution in [-0.4, -0.2) is 41.8 Å². The molecule has 4 heteroatoms. The van der Waals surface area contributed by atoms with Gasteiger partial charge in [-0.15, -0.1) is 0 Å². The molecule has 2 fully saturated rings. The average Bonchev–Trinajstić information content (AvgIpc) is 3.02. The summed E-state index contributed by atoms with van der Waals surface area (Å²) < 4.78 is 5.45. The second-order valence-electron chi connectivity index (χ2n) is 5.25. The predicted molar refractivity (Wildman–Crippen MR) is 66.6 cm³/mol. The average molecular weight is 240 g/mol. The molecule has 1 N–H and O–H groups in total. The summed E-state index contributed by atoms with van der Waals surface area (Å²) in [5.74, 6) is 0.295. The van der Waals surface area contributed by atoms with Crippen molar-refractivity contribution in [2.75, 3.05) is 13.2 Å². The van der Waals surface area contributed by atoms with E-state index < -0.39 is 0 Å². The second-order valence-corrected chi connectivity index (χ2v) is 5.25. The van der Waals surface area contributed by atoms with E-state index in [-0.39, 0.29) is 17.7 Å². The molecule has 0 radical (unpaired) electrons. The molecule has 1 amide bonds. The van der Waals surface area contributed by atoms with Crippen LogP contribution in [0.25, 0.3) is 0 Å². The molecule has 2 rings (SSSR count). The van der Waals surface area contributed by atoms with Crippen LogP contribution in [0.5, 0.6) is 0 Å². The van der Waals surface area contributed by atoms with Crippen LogP contribution in [0.2, 0.25) is 0 Å². The second kappa shape index (κ2) is 4.94. The molecule has 0 aromatic carbocycles. The Hall–Kier alpha value is -0.610. The number of amides is 1. The minimum absolute atomic E-state index is 0.173. The van der Waals surface area contributed by atoms with E-state index in [0.29, 0.717) is 19.1 Å². The Labute approximate surface area is 104 Å². The first-order valence-electron chi connectivity index (χ1n) is 6.83. The molecular formula is C13H24N2O2. The molecule has 0 aromatic heterocycles. The van der Waals surface area contributed by atoms with Gasteiger partial charge in [-0.25, -0.2) is 0 Å². The molecular weight excluding hydrogens is 216 g/mol. The maximum atomic E-state index is 12.4. The van der Waals surface area contributed by atoms with Crippen molar-refractivity contribution < 1.29 is 9.53 Å². The monoisotopic (exact) mass is 240 g/mol. The Morgan fingerprint density at radius 2 is 2.24 bits per heavy atom. The lowest BCUT2D eigenvalue weighted by Crippen LogP contribution is -2.45. The van der Waals surface area contributed by atoms with Crippen molar-refractivity contribution in [1.29, 1.82) is 0 Å². The molecule has 1 spiro atoms. The van der Waals surface area contributed by atoms with Gasteiger partial charge in [-0.1, -0.05) is 13.3 Å². The lowest BCUT2D eigenvalue weighted by molar-refractivity contribution is -0.134. The van der Waals surface area contributed by atoms with Gasteiger partial charge in [0.1, 0.15) is 0 Å². The third-order valence-electron chi connectivity index (χ3n) is 3.77. The van der Waals surface area contributed by atoms with Gasteiger partial charge in [0.2, 0.25) is 5.91 Å². The summed E-state index contributed by atoms with van der Waals surface area (Å²) in [6, 6.07) is 0.173. The van der Waals surface area contributed by atoms with E-state index in [0.717, 1.165) is 25.7 Å². The number of nitrogens with zero attached hydrogens (tertiary/aromatic N) is 1.